The molecule has 1 heterocycles. The minimum absolute atomic E-state index is 0.0760. The highest BCUT2D eigenvalue weighted by molar-refractivity contribution is 6.30. The van der Waals surface area contributed by atoms with Crippen LogP contribution in [0.3, 0.4) is 0 Å². The van der Waals surface area contributed by atoms with Crippen molar-refractivity contribution < 1.29 is 9.90 Å². The molecule has 0 aliphatic carbocycles. The molecule has 1 aliphatic rings. The average molecular weight is 269 g/mol. The Kier molecular flexibility index (Phi) is 4.09. The number of nitrogens with zero attached hydrogens (tertiary/aromatic N) is 1. The lowest BCUT2D eigenvalue weighted by Gasteiger charge is -2.29. The fourth-order valence-electron chi connectivity index (χ4n) is 2.11. The molecule has 1 amide bonds. The number of hydrogen-bond acceptors (Lipinski definition) is 3. The molecule has 98 valence electrons. The Balaban J connectivity index is 1.99. The van der Waals surface area contributed by atoms with Gasteiger partial charge in [0.1, 0.15) is 5.75 Å². The first-order chi connectivity index (χ1) is 8.56. The van der Waals surface area contributed by atoms with E-state index in [0.717, 1.165) is 25.9 Å². The van der Waals surface area contributed by atoms with Crippen molar-refractivity contribution in [3.05, 3.63) is 28.8 Å². The molecular weight excluding hydrogens is 252 g/mol. The van der Waals surface area contributed by atoms with Gasteiger partial charge in [-0.25, -0.2) is 0 Å². The molecule has 0 aromatic heterocycles. The number of hydrogen-bond donors (Lipinski definition) is 2. The minimum Gasteiger partial charge on any atom is -0.507 e. The highest BCUT2D eigenvalue weighted by atomic mass is 35.5. The van der Waals surface area contributed by atoms with Gasteiger partial charge in [0.15, 0.2) is 0 Å². The molecule has 0 spiro atoms. The first kappa shape index (κ1) is 13.2. The van der Waals surface area contributed by atoms with Crippen molar-refractivity contribution in [1.82, 2.24) is 10.2 Å². The lowest BCUT2D eigenvalue weighted by Crippen LogP contribution is -2.43. The smallest absolute Gasteiger partial charge is 0.255 e. The van der Waals surface area contributed by atoms with Crippen molar-refractivity contribution in [2.75, 3.05) is 20.1 Å². The number of phenols is 1. The van der Waals surface area contributed by atoms with Crippen molar-refractivity contribution in [1.29, 1.82) is 0 Å². The third-order valence-corrected chi connectivity index (χ3v) is 3.49. The molecule has 1 aromatic carbocycles. The van der Waals surface area contributed by atoms with E-state index in [-0.39, 0.29) is 23.3 Å². The van der Waals surface area contributed by atoms with E-state index in [2.05, 4.69) is 17.3 Å². The van der Waals surface area contributed by atoms with E-state index in [1.807, 2.05) is 0 Å². The van der Waals surface area contributed by atoms with Crippen LogP contribution in [-0.2, 0) is 0 Å². The zero-order chi connectivity index (χ0) is 13.1. The maximum absolute atomic E-state index is 12.0. The van der Waals surface area contributed by atoms with Gasteiger partial charge >= 0.3 is 0 Å². The molecule has 0 atom stereocenters. The molecule has 0 bridgehead atoms. The molecule has 1 fully saturated rings. The van der Waals surface area contributed by atoms with Crippen LogP contribution >= 0.6 is 11.6 Å². The molecule has 2 N–H and O–H groups in total. The van der Waals surface area contributed by atoms with Crippen LogP contribution in [0.1, 0.15) is 23.2 Å². The minimum atomic E-state index is -0.237. The summed E-state index contributed by atoms with van der Waals surface area (Å²) in [5, 5.41) is 13.0. The molecule has 5 heteroatoms. The van der Waals surface area contributed by atoms with E-state index in [1.165, 1.54) is 6.07 Å². The second-order valence-corrected chi connectivity index (χ2v) is 5.15. The van der Waals surface area contributed by atoms with Crippen molar-refractivity contribution in [2.24, 2.45) is 0 Å². The number of carbonyl (C=O) groups is 1. The van der Waals surface area contributed by atoms with Crippen molar-refractivity contribution in [2.45, 2.75) is 18.9 Å². The predicted molar refractivity (Wildman–Crippen MR) is 71.1 cm³/mol. The monoisotopic (exact) mass is 268 g/mol. The number of carbonyl (C=O) groups excluding carboxylic acids is 1. The first-order valence-corrected chi connectivity index (χ1v) is 6.42. The fraction of sp³-hybridized carbons (Fsp3) is 0.462. The van der Waals surface area contributed by atoms with Crippen LogP contribution in [0.2, 0.25) is 5.02 Å². The van der Waals surface area contributed by atoms with Gasteiger partial charge in [-0.15, -0.1) is 0 Å². The van der Waals surface area contributed by atoms with Gasteiger partial charge in [-0.3, -0.25) is 4.79 Å². The topological polar surface area (TPSA) is 52.6 Å². The largest absolute Gasteiger partial charge is 0.507 e. The van der Waals surface area contributed by atoms with Gasteiger partial charge in [-0.05, 0) is 51.2 Å². The Morgan fingerprint density at radius 2 is 2.11 bits per heavy atom. The van der Waals surface area contributed by atoms with Crippen LogP contribution < -0.4 is 5.32 Å². The number of rotatable bonds is 2. The molecule has 2 rings (SSSR count). The van der Waals surface area contributed by atoms with Crippen LogP contribution in [0, 0.1) is 0 Å². The Bertz CT molecular complexity index is 443. The summed E-state index contributed by atoms with van der Waals surface area (Å²) in [6.45, 7) is 1.97. The third kappa shape index (κ3) is 3.15. The zero-order valence-electron chi connectivity index (χ0n) is 10.3. The Morgan fingerprint density at radius 3 is 2.72 bits per heavy atom. The van der Waals surface area contributed by atoms with E-state index < -0.39 is 0 Å². The lowest BCUT2D eigenvalue weighted by atomic mass is 10.0. The van der Waals surface area contributed by atoms with Crippen LogP contribution in [0.4, 0.5) is 0 Å². The van der Waals surface area contributed by atoms with Gasteiger partial charge in [0.05, 0.1) is 5.56 Å². The molecule has 1 saturated heterocycles. The number of likely N-dealkylation sites (tertiary alicyclic amines) is 1. The highest BCUT2D eigenvalue weighted by Crippen LogP contribution is 2.22. The Morgan fingerprint density at radius 1 is 1.44 bits per heavy atom. The number of nitrogens with one attached hydrogen (secondary N) is 1. The summed E-state index contributed by atoms with van der Waals surface area (Å²) in [6, 6.07) is 4.71. The second-order valence-electron chi connectivity index (χ2n) is 4.71. The van der Waals surface area contributed by atoms with Crippen LogP contribution in [0.5, 0.6) is 5.75 Å². The zero-order valence-corrected chi connectivity index (χ0v) is 11.1. The van der Waals surface area contributed by atoms with E-state index in [4.69, 9.17) is 11.6 Å². The summed E-state index contributed by atoms with van der Waals surface area (Å²) < 4.78 is 0. The van der Waals surface area contributed by atoms with E-state index in [1.54, 1.807) is 12.1 Å². The maximum Gasteiger partial charge on any atom is 0.255 e. The van der Waals surface area contributed by atoms with Gasteiger partial charge < -0.3 is 15.3 Å². The van der Waals surface area contributed by atoms with Crippen molar-refractivity contribution in [3.8, 4) is 5.75 Å². The highest BCUT2D eigenvalue weighted by Gasteiger charge is 2.20. The second kappa shape index (κ2) is 5.59. The molecule has 0 saturated carbocycles. The SMILES string of the molecule is CN1CCC(NC(=O)c2ccc(Cl)cc2O)CC1. The summed E-state index contributed by atoms with van der Waals surface area (Å²) in [6.07, 6.45) is 1.88. The van der Waals surface area contributed by atoms with E-state index in [0.29, 0.717) is 5.02 Å². The normalized spacial score (nSPS) is 17.7. The molecule has 1 aliphatic heterocycles. The number of phenolic OH excluding ortho intramolecular Hbond substituents is 1. The van der Waals surface area contributed by atoms with Crippen LogP contribution in [0.15, 0.2) is 18.2 Å². The average Bonchev–Trinajstić information content (AvgIpc) is 2.32. The van der Waals surface area contributed by atoms with Gasteiger partial charge in [-0.1, -0.05) is 11.6 Å². The number of amides is 1. The number of halogens is 1. The quantitative estimate of drug-likeness (QED) is 0.861. The standard InChI is InChI=1S/C13H17ClN2O2/c1-16-6-4-10(5-7-16)15-13(18)11-3-2-9(14)8-12(11)17/h2-3,8,10,17H,4-7H2,1H3,(H,15,18). The van der Waals surface area contributed by atoms with Gasteiger partial charge in [0.2, 0.25) is 0 Å². The summed E-state index contributed by atoms with van der Waals surface area (Å²) in [4.78, 5) is 14.2. The van der Waals surface area contributed by atoms with Crippen LogP contribution in [-0.4, -0.2) is 42.1 Å². The number of aromatic hydroxyl groups is 1. The molecule has 0 unspecified atom stereocenters. The lowest BCUT2D eigenvalue weighted by molar-refractivity contribution is 0.0914. The van der Waals surface area contributed by atoms with E-state index >= 15 is 0 Å². The first-order valence-electron chi connectivity index (χ1n) is 6.04. The molecular formula is C13H17ClN2O2. The number of piperidine rings is 1. The van der Waals surface area contributed by atoms with Gasteiger partial charge in [0, 0.05) is 11.1 Å². The predicted octanol–water partition coefficient (Wildman–Crippen LogP) is 1.87. The van der Waals surface area contributed by atoms with Crippen molar-refractivity contribution >= 4 is 17.5 Å². The molecule has 1 aromatic rings. The fourth-order valence-corrected chi connectivity index (χ4v) is 2.28. The van der Waals surface area contributed by atoms with Crippen molar-refractivity contribution in [3.63, 3.8) is 0 Å². The van der Waals surface area contributed by atoms with Gasteiger partial charge in [0.25, 0.3) is 5.91 Å². The molecule has 0 radical (unpaired) electrons. The number of benzene rings is 1. The van der Waals surface area contributed by atoms with E-state index in [9.17, 15) is 9.90 Å². The summed E-state index contributed by atoms with van der Waals surface area (Å²) in [5.41, 5.74) is 0.276. The summed E-state index contributed by atoms with van der Waals surface area (Å²) >= 11 is 5.73. The third-order valence-electron chi connectivity index (χ3n) is 3.26. The maximum atomic E-state index is 12.0. The Hall–Kier alpha value is -1.26. The Labute approximate surface area is 112 Å². The van der Waals surface area contributed by atoms with Crippen LogP contribution in [0.25, 0.3) is 0 Å². The van der Waals surface area contributed by atoms with Gasteiger partial charge in [-0.2, -0.15) is 0 Å². The molecule has 18 heavy (non-hydrogen) atoms. The summed E-state index contributed by atoms with van der Waals surface area (Å²) in [5.74, 6) is -0.313. The molecule has 4 nitrogen and oxygen atoms in total. The summed E-state index contributed by atoms with van der Waals surface area (Å²) in [7, 11) is 2.07.